The van der Waals surface area contributed by atoms with Crippen LogP contribution in [0.15, 0.2) is 24.3 Å². The molecule has 2 aliphatic rings. The van der Waals surface area contributed by atoms with E-state index in [1.165, 1.54) is 41.7 Å². The molecule has 1 saturated heterocycles. The van der Waals surface area contributed by atoms with Crippen molar-refractivity contribution in [2.45, 2.75) is 38.1 Å². The molecule has 2 amide bonds. The van der Waals surface area contributed by atoms with Gasteiger partial charge in [0.1, 0.15) is 5.82 Å². The predicted molar refractivity (Wildman–Crippen MR) is 121 cm³/mol. The molecule has 29 heavy (non-hydrogen) atoms. The number of benzene rings is 1. The molecule has 2 fully saturated rings. The molecule has 1 aliphatic heterocycles. The maximum Gasteiger partial charge on any atom is 0.317 e. The number of fused-ring (bicyclic) bond motifs is 1. The molecule has 1 aromatic carbocycles. The third-order valence-corrected chi connectivity index (χ3v) is 7.28. The van der Waals surface area contributed by atoms with E-state index in [1.807, 2.05) is 0 Å². The van der Waals surface area contributed by atoms with Crippen LogP contribution in [-0.4, -0.2) is 73.1 Å². The van der Waals surface area contributed by atoms with Gasteiger partial charge in [0.15, 0.2) is 0 Å². The number of nitrogens with zero attached hydrogens (tertiary/aromatic N) is 4. The first-order chi connectivity index (χ1) is 14.1. The molecular formula is C22H33N5OS. The van der Waals surface area contributed by atoms with Crippen LogP contribution in [0.3, 0.4) is 0 Å². The summed E-state index contributed by atoms with van der Waals surface area (Å²) in [5.41, 5.74) is 0. The largest absolute Gasteiger partial charge is 0.353 e. The fourth-order valence-corrected chi connectivity index (χ4v) is 5.34. The van der Waals surface area contributed by atoms with E-state index in [9.17, 15) is 4.79 Å². The number of rotatable bonds is 5. The zero-order valence-corrected chi connectivity index (χ0v) is 18.5. The topological polar surface area (TPSA) is 51.7 Å². The van der Waals surface area contributed by atoms with Gasteiger partial charge in [-0.1, -0.05) is 12.1 Å². The number of nitrogens with one attached hydrogen (secondary N) is 1. The minimum atomic E-state index is 0.0409. The fourth-order valence-electron chi connectivity index (χ4n) is 4.55. The number of hydrogen-bond acceptors (Lipinski definition) is 5. The number of hydrogen-bond donors (Lipinski definition) is 1. The average molecular weight is 416 g/mol. The molecule has 1 saturated carbocycles. The van der Waals surface area contributed by atoms with Gasteiger partial charge in [0.2, 0.25) is 0 Å². The predicted octanol–water partition coefficient (Wildman–Crippen LogP) is 3.64. The van der Waals surface area contributed by atoms with Crippen molar-refractivity contribution < 1.29 is 4.79 Å². The number of carbonyl (C=O) groups excluding carboxylic acids is 1. The SMILES string of the molecule is CN(C)C(=O)NC1CCC(CCN2CCN(c3nsc4ccccc34)CC2)CC1. The number of amides is 2. The van der Waals surface area contributed by atoms with Crippen LogP contribution in [0.2, 0.25) is 0 Å². The Balaban J connectivity index is 1.18. The summed E-state index contributed by atoms with van der Waals surface area (Å²) in [5, 5.41) is 4.44. The molecule has 7 heteroatoms. The first-order valence-corrected chi connectivity index (χ1v) is 11.7. The van der Waals surface area contributed by atoms with Crippen molar-refractivity contribution in [2.24, 2.45) is 5.92 Å². The molecule has 1 N–H and O–H groups in total. The first kappa shape index (κ1) is 20.4. The van der Waals surface area contributed by atoms with Crippen LogP contribution in [0.5, 0.6) is 0 Å². The molecule has 0 unspecified atom stereocenters. The van der Waals surface area contributed by atoms with Crippen molar-refractivity contribution in [2.75, 3.05) is 51.7 Å². The Kier molecular flexibility index (Phi) is 6.55. The molecule has 6 nitrogen and oxygen atoms in total. The van der Waals surface area contributed by atoms with Crippen LogP contribution in [0.1, 0.15) is 32.1 Å². The highest BCUT2D eigenvalue weighted by Gasteiger charge is 2.25. The highest BCUT2D eigenvalue weighted by molar-refractivity contribution is 7.13. The molecule has 1 aliphatic carbocycles. The van der Waals surface area contributed by atoms with Gasteiger partial charge in [-0.25, -0.2) is 4.79 Å². The molecule has 2 heterocycles. The summed E-state index contributed by atoms with van der Waals surface area (Å²) in [5.74, 6) is 1.98. The lowest BCUT2D eigenvalue weighted by Gasteiger charge is -2.36. The Morgan fingerprint density at radius 1 is 1.14 bits per heavy atom. The monoisotopic (exact) mass is 415 g/mol. The lowest BCUT2D eigenvalue weighted by atomic mass is 9.84. The van der Waals surface area contributed by atoms with Gasteiger partial charge >= 0.3 is 6.03 Å². The third kappa shape index (κ3) is 5.01. The van der Waals surface area contributed by atoms with Gasteiger partial charge in [0.05, 0.1) is 4.70 Å². The van der Waals surface area contributed by atoms with E-state index in [1.54, 1.807) is 30.5 Å². The lowest BCUT2D eigenvalue weighted by molar-refractivity contribution is 0.194. The smallest absolute Gasteiger partial charge is 0.317 e. The fraction of sp³-hybridized carbons (Fsp3) is 0.636. The molecule has 0 bridgehead atoms. The third-order valence-electron chi connectivity index (χ3n) is 6.46. The van der Waals surface area contributed by atoms with E-state index in [-0.39, 0.29) is 6.03 Å². The van der Waals surface area contributed by atoms with Crippen molar-refractivity contribution >= 4 is 33.5 Å². The van der Waals surface area contributed by atoms with E-state index in [0.717, 1.165) is 44.9 Å². The molecule has 4 rings (SSSR count). The van der Waals surface area contributed by atoms with Crippen LogP contribution in [0.25, 0.3) is 10.1 Å². The maximum atomic E-state index is 11.8. The molecule has 0 spiro atoms. The number of urea groups is 1. The summed E-state index contributed by atoms with van der Waals surface area (Å²) in [4.78, 5) is 18.5. The number of carbonyl (C=O) groups is 1. The van der Waals surface area contributed by atoms with Crippen LogP contribution in [0.4, 0.5) is 10.6 Å². The Labute approximate surface area is 178 Å². The van der Waals surface area contributed by atoms with Crippen molar-refractivity contribution in [3.8, 4) is 0 Å². The molecule has 0 radical (unpaired) electrons. The van der Waals surface area contributed by atoms with Gasteiger partial charge in [0.25, 0.3) is 0 Å². The van der Waals surface area contributed by atoms with E-state index < -0.39 is 0 Å². The number of anilines is 1. The van der Waals surface area contributed by atoms with Gasteiger partial charge in [-0.3, -0.25) is 4.90 Å². The van der Waals surface area contributed by atoms with Gasteiger partial charge in [0, 0.05) is 51.7 Å². The van der Waals surface area contributed by atoms with Crippen molar-refractivity contribution in [3.63, 3.8) is 0 Å². The summed E-state index contributed by atoms with van der Waals surface area (Å²) in [7, 11) is 3.61. The summed E-state index contributed by atoms with van der Waals surface area (Å²) < 4.78 is 6.00. The summed E-state index contributed by atoms with van der Waals surface area (Å²) in [6, 6.07) is 8.95. The van der Waals surface area contributed by atoms with E-state index in [2.05, 4.69) is 39.4 Å². The van der Waals surface area contributed by atoms with Crippen molar-refractivity contribution in [1.29, 1.82) is 0 Å². The molecule has 0 atom stereocenters. The minimum absolute atomic E-state index is 0.0409. The number of aromatic nitrogens is 1. The zero-order chi connectivity index (χ0) is 20.2. The molecular weight excluding hydrogens is 382 g/mol. The van der Waals surface area contributed by atoms with Gasteiger partial charge in [-0.05, 0) is 68.2 Å². The van der Waals surface area contributed by atoms with Crippen LogP contribution < -0.4 is 10.2 Å². The van der Waals surface area contributed by atoms with Crippen molar-refractivity contribution in [3.05, 3.63) is 24.3 Å². The molecule has 158 valence electrons. The first-order valence-electron chi connectivity index (χ1n) is 10.9. The van der Waals surface area contributed by atoms with Crippen LogP contribution in [0, 0.1) is 5.92 Å². The Hall–Kier alpha value is -1.86. The maximum absolute atomic E-state index is 11.8. The Morgan fingerprint density at radius 3 is 2.59 bits per heavy atom. The van der Waals surface area contributed by atoms with Crippen LogP contribution in [-0.2, 0) is 0 Å². The summed E-state index contributed by atoms with van der Waals surface area (Å²) in [6.07, 6.45) is 6.00. The van der Waals surface area contributed by atoms with E-state index >= 15 is 0 Å². The quantitative estimate of drug-likeness (QED) is 0.810. The summed E-state index contributed by atoms with van der Waals surface area (Å²) in [6.45, 7) is 5.58. The highest BCUT2D eigenvalue weighted by Crippen LogP contribution is 2.30. The van der Waals surface area contributed by atoms with E-state index in [4.69, 9.17) is 4.37 Å². The van der Waals surface area contributed by atoms with E-state index in [0.29, 0.717) is 6.04 Å². The second-order valence-corrected chi connectivity index (χ2v) is 9.49. The molecule has 1 aromatic heterocycles. The van der Waals surface area contributed by atoms with Crippen LogP contribution >= 0.6 is 11.5 Å². The molecule has 2 aromatic rings. The minimum Gasteiger partial charge on any atom is -0.353 e. The lowest BCUT2D eigenvalue weighted by Crippen LogP contribution is -2.47. The van der Waals surface area contributed by atoms with Gasteiger partial charge in [-0.2, -0.15) is 4.37 Å². The van der Waals surface area contributed by atoms with Gasteiger partial charge in [-0.15, -0.1) is 0 Å². The van der Waals surface area contributed by atoms with Gasteiger partial charge < -0.3 is 15.1 Å². The second-order valence-electron chi connectivity index (χ2n) is 8.68. The zero-order valence-electron chi connectivity index (χ0n) is 17.6. The Morgan fingerprint density at radius 2 is 1.86 bits per heavy atom. The summed E-state index contributed by atoms with van der Waals surface area (Å²) >= 11 is 1.61. The normalized spacial score (nSPS) is 23.3. The average Bonchev–Trinajstić information content (AvgIpc) is 3.18. The Bertz CT molecular complexity index is 806. The standard InChI is InChI=1S/C22H33N5OS/c1-25(2)22(28)23-18-9-7-17(8-10-18)11-12-26-13-15-27(16-14-26)21-19-5-3-4-6-20(19)29-24-21/h3-6,17-18H,7-16H2,1-2H3,(H,23,28). The highest BCUT2D eigenvalue weighted by atomic mass is 32.1. The number of piperazine rings is 1. The van der Waals surface area contributed by atoms with Crippen molar-refractivity contribution in [1.82, 2.24) is 19.5 Å². The second kappa shape index (κ2) is 9.30.